The van der Waals surface area contributed by atoms with E-state index in [1.54, 1.807) is 54.6 Å². The molecule has 1 amide bonds. The molecule has 0 atom stereocenters. The summed E-state index contributed by atoms with van der Waals surface area (Å²) in [4.78, 5) is 12.9. The fourth-order valence-corrected chi connectivity index (χ4v) is 3.87. The number of nitrogens with one attached hydrogen (secondary N) is 2. The van der Waals surface area contributed by atoms with Crippen LogP contribution in [0.25, 0.3) is 0 Å². The Hall–Kier alpha value is -2.84. The van der Waals surface area contributed by atoms with Gasteiger partial charge in [-0.2, -0.15) is 0 Å². The normalized spacial score (nSPS) is 10.9. The largest absolute Gasteiger partial charge is 0.495 e. The van der Waals surface area contributed by atoms with Gasteiger partial charge in [-0.1, -0.05) is 40.2 Å². The van der Waals surface area contributed by atoms with Crippen LogP contribution in [0.4, 0.5) is 11.4 Å². The summed E-state index contributed by atoms with van der Waals surface area (Å²) in [5.41, 5.74) is 0.854. The van der Waals surface area contributed by atoms with Gasteiger partial charge in [0, 0.05) is 4.47 Å². The SMILES string of the molecule is COc1ccccc1NC(=O)c1ccccc1NS(=O)(=O)c1ccc(Br)cc1. The summed E-state index contributed by atoms with van der Waals surface area (Å²) in [5, 5.41) is 2.75. The number of benzene rings is 3. The molecule has 3 aromatic carbocycles. The van der Waals surface area contributed by atoms with Gasteiger partial charge in [0.25, 0.3) is 15.9 Å². The number of anilines is 2. The molecule has 0 aliphatic heterocycles. The van der Waals surface area contributed by atoms with Crippen LogP contribution in [0.1, 0.15) is 10.4 Å². The van der Waals surface area contributed by atoms with E-state index in [-0.39, 0.29) is 16.1 Å². The van der Waals surface area contributed by atoms with Crippen molar-refractivity contribution in [2.75, 3.05) is 17.1 Å². The van der Waals surface area contributed by atoms with Crippen molar-refractivity contribution in [3.05, 3.63) is 82.8 Å². The van der Waals surface area contributed by atoms with Crippen molar-refractivity contribution < 1.29 is 17.9 Å². The number of halogens is 1. The maximum absolute atomic E-state index is 12.8. The second-order valence-corrected chi connectivity index (χ2v) is 8.36. The molecule has 0 bridgehead atoms. The Bertz CT molecular complexity index is 1100. The summed E-state index contributed by atoms with van der Waals surface area (Å²) >= 11 is 3.27. The number of amides is 1. The van der Waals surface area contributed by atoms with E-state index in [0.717, 1.165) is 4.47 Å². The highest BCUT2D eigenvalue weighted by molar-refractivity contribution is 9.10. The standard InChI is InChI=1S/C20H17BrN2O4S/c1-27-19-9-5-4-8-18(19)22-20(24)16-6-2-3-7-17(16)23-28(25,26)15-12-10-14(21)11-13-15/h2-13,23H,1H3,(H,22,24). The maximum atomic E-state index is 12.8. The third-order valence-electron chi connectivity index (χ3n) is 3.90. The zero-order chi connectivity index (χ0) is 20.1. The molecule has 0 aromatic heterocycles. The van der Waals surface area contributed by atoms with Crippen molar-refractivity contribution in [3.63, 3.8) is 0 Å². The fourth-order valence-electron chi connectivity index (χ4n) is 2.53. The third-order valence-corrected chi connectivity index (χ3v) is 5.81. The van der Waals surface area contributed by atoms with Gasteiger partial charge in [-0.15, -0.1) is 0 Å². The number of para-hydroxylation sites is 3. The predicted molar refractivity (Wildman–Crippen MR) is 112 cm³/mol. The Morgan fingerprint density at radius 1 is 0.893 bits per heavy atom. The Morgan fingerprint density at radius 3 is 2.18 bits per heavy atom. The van der Waals surface area contributed by atoms with Crippen molar-refractivity contribution in [1.82, 2.24) is 0 Å². The summed E-state index contributed by atoms with van der Waals surface area (Å²) in [6, 6.07) is 19.6. The van der Waals surface area contributed by atoms with Gasteiger partial charge in [-0.25, -0.2) is 8.42 Å². The zero-order valence-electron chi connectivity index (χ0n) is 14.8. The lowest BCUT2D eigenvalue weighted by atomic mass is 10.1. The average molecular weight is 461 g/mol. The number of sulfonamides is 1. The highest BCUT2D eigenvalue weighted by atomic mass is 79.9. The monoisotopic (exact) mass is 460 g/mol. The first-order chi connectivity index (χ1) is 13.4. The lowest BCUT2D eigenvalue weighted by Gasteiger charge is -2.14. The number of rotatable bonds is 6. The van der Waals surface area contributed by atoms with Gasteiger partial charge in [0.15, 0.2) is 0 Å². The average Bonchev–Trinajstić information content (AvgIpc) is 2.69. The zero-order valence-corrected chi connectivity index (χ0v) is 17.2. The number of ether oxygens (including phenoxy) is 1. The number of hydrogen-bond acceptors (Lipinski definition) is 4. The number of hydrogen-bond donors (Lipinski definition) is 2. The van der Waals surface area contributed by atoms with Crippen LogP contribution >= 0.6 is 15.9 Å². The van der Waals surface area contributed by atoms with Crippen LogP contribution in [0, 0.1) is 0 Å². The van der Waals surface area contributed by atoms with Gasteiger partial charge in [0.2, 0.25) is 0 Å². The minimum atomic E-state index is -3.85. The van der Waals surface area contributed by atoms with Gasteiger partial charge in [0.1, 0.15) is 5.75 Å². The smallest absolute Gasteiger partial charge is 0.261 e. The molecule has 8 heteroatoms. The second-order valence-electron chi connectivity index (χ2n) is 5.76. The van der Waals surface area contributed by atoms with E-state index in [1.165, 1.54) is 25.3 Å². The summed E-state index contributed by atoms with van der Waals surface area (Å²) < 4.78 is 33.8. The van der Waals surface area contributed by atoms with E-state index < -0.39 is 15.9 Å². The van der Waals surface area contributed by atoms with Crippen molar-refractivity contribution >= 4 is 43.2 Å². The summed E-state index contributed by atoms with van der Waals surface area (Å²) in [6.07, 6.45) is 0. The van der Waals surface area contributed by atoms with E-state index in [1.807, 2.05) is 0 Å². The molecule has 0 saturated heterocycles. The first kappa shape index (κ1) is 19.9. The molecule has 0 aliphatic rings. The molecule has 3 rings (SSSR count). The third kappa shape index (κ3) is 4.52. The molecule has 0 unspecified atom stereocenters. The Morgan fingerprint density at radius 2 is 1.50 bits per heavy atom. The van der Waals surface area contributed by atoms with Crippen LogP contribution in [0.5, 0.6) is 5.75 Å². The Labute approximate surface area is 171 Å². The number of carbonyl (C=O) groups is 1. The molecule has 144 valence electrons. The molecule has 0 spiro atoms. The van der Waals surface area contributed by atoms with Crippen LogP contribution in [0.15, 0.2) is 82.2 Å². The van der Waals surface area contributed by atoms with Crippen LogP contribution < -0.4 is 14.8 Å². The van der Waals surface area contributed by atoms with E-state index in [9.17, 15) is 13.2 Å². The van der Waals surface area contributed by atoms with Crippen molar-refractivity contribution in [2.24, 2.45) is 0 Å². The molecule has 3 aromatic rings. The molecule has 28 heavy (non-hydrogen) atoms. The van der Waals surface area contributed by atoms with Crippen LogP contribution in [-0.2, 0) is 10.0 Å². The van der Waals surface area contributed by atoms with Crippen LogP contribution in [0.2, 0.25) is 0 Å². The molecule has 0 radical (unpaired) electrons. The van der Waals surface area contributed by atoms with Crippen LogP contribution in [-0.4, -0.2) is 21.4 Å². The summed E-state index contributed by atoms with van der Waals surface area (Å²) in [6.45, 7) is 0. The van der Waals surface area contributed by atoms with E-state index in [2.05, 4.69) is 26.0 Å². The maximum Gasteiger partial charge on any atom is 0.261 e. The van der Waals surface area contributed by atoms with Gasteiger partial charge < -0.3 is 10.1 Å². The summed E-state index contributed by atoms with van der Waals surface area (Å²) in [5.74, 6) is 0.0439. The van der Waals surface area contributed by atoms with Crippen molar-refractivity contribution in [1.29, 1.82) is 0 Å². The first-order valence-electron chi connectivity index (χ1n) is 8.22. The number of carbonyl (C=O) groups excluding carboxylic acids is 1. The molecular weight excluding hydrogens is 444 g/mol. The molecule has 2 N–H and O–H groups in total. The fraction of sp³-hybridized carbons (Fsp3) is 0.0500. The van der Waals surface area contributed by atoms with Gasteiger partial charge in [-0.05, 0) is 48.5 Å². The van der Waals surface area contributed by atoms with E-state index >= 15 is 0 Å². The topological polar surface area (TPSA) is 84.5 Å². The first-order valence-corrected chi connectivity index (χ1v) is 10.5. The molecule has 6 nitrogen and oxygen atoms in total. The van der Waals surface area contributed by atoms with Crippen molar-refractivity contribution in [2.45, 2.75) is 4.90 Å². The molecule has 0 saturated carbocycles. The molecule has 0 heterocycles. The lowest BCUT2D eigenvalue weighted by Crippen LogP contribution is -2.18. The summed E-state index contributed by atoms with van der Waals surface area (Å²) in [7, 11) is -2.34. The van der Waals surface area contributed by atoms with Gasteiger partial charge >= 0.3 is 0 Å². The Balaban J connectivity index is 1.88. The molecule has 0 fully saturated rings. The quantitative estimate of drug-likeness (QED) is 0.566. The van der Waals surface area contributed by atoms with Crippen molar-refractivity contribution in [3.8, 4) is 5.75 Å². The van der Waals surface area contributed by atoms with Gasteiger partial charge in [-0.3, -0.25) is 9.52 Å². The second kappa shape index (κ2) is 8.45. The highest BCUT2D eigenvalue weighted by Crippen LogP contribution is 2.26. The Kier molecular flexibility index (Phi) is 6.01. The molecular formula is C20H17BrN2O4S. The lowest BCUT2D eigenvalue weighted by molar-refractivity contribution is 0.102. The van der Waals surface area contributed by atoms with Crippen LogP contribution in [0.3, 0.4) is 0 Å². The molecule has 0 aliphatic carbocycles. The minimum Gasteiger partial charge on any atom is -0.495 e. The highest BCUT2D eigenvalue weighted by Gasteiger charge is 2.19. The number of methoxy groups -OCH3 is 1. The van der Waals surface area contributed by atoms with E-state index in [4.69, 9.17) is 4.74 Å². The van der Waals surface area contributed by atoms with E-state index in [0.29, 0.717) is 11.4 Å². The van der Waals surface area contributed by atoms with Gasteiger partial charge in [0.05, 0.1) is 28.9 Å². The predicted octanol–water partition coefficient (Wildman–Crippen LogP) is 4.51. The minimum absolute atomic E-state index is 0.0932.